The molecule has 0 aliphatic heterocycles. The Morgan fingerprint density at radius 2 is 2.28 bits per heavy atom. The first-order valence-corrected chi connectivity index (χ1v) is 6.08. The van der Waals surface area contributed by atoms with E-state index in [1.165, 1.54) is 0 Å². The molecule has 0 radical (unpaired) electrons. The number of nitrogens with zero attached hydrogens (tertiary/aromatic N) is 2. The quantitative estimate of drug-likeness (QED) is 0.483. The van der Waals surface area contributed by atoms with E-state index < -0.39 is 0 Å². The smallest absolute Gasteiger partial charge is 0.223 e. The predicted octanol–water partition coefficient (Wildman–Crippen LogP) is 1.10. The molecule has 0 aromatic carbocycles. The summed E-state index contributed by atoms with van der Waals surface area (Å²) in [6.07, 6.45) is 4.82. The van der Waals surface area contributed by atoms with E-state index in [0.717, 1.165) is 6.42 Å². The lowest BCUT2D eigenvalue weighted by Gasteiger charge is -2.17. The molecule has 0 bridgehead atoms. The number of nitrogens with two attached hydrogens (primary N) is 1. The van der Waals surface area contributed by atoms with E-state index >= 15 is 0 Å². The zero-order valence-electron chi connectivity index (χ0n) is 10.0. The Labute approximate surface area is 110 Å². The summed E-state index contributed by atoms with van der Waals surface area (Å²) < 4.78 is 0. The number of aliphatic hydroxyl groups is 1. The topological polar surface area (TPSA) is 96.1 Å². The molecule has 0 amide bonds. The molecule has 0 fully saturated rings. The summed E-state index contributed by atoms with van der Waals surface area (Å²) >= 11 is 5.98. The summed E-state index contributed by atoms with van der Waals surface area (Å²) in [7, 11) is 1.74. The molecule has 7 heteroatoms. The van der Waals surface area contributed by atoms with Crippen LogP contribution in [0, 0.1) is 5.92 Å². The van der Waals surface area contributed by atoms with Gasteiger partial charge in [-0.1, -0.05) is 23.8 Å². The van der Waals surface area contributed by atoms with Gasteiger partial charge in [-0.05, 0) is 6.42 Å². The van der Waals surface area contributed by atoms with Crippen LogP contribution >= 0.6 is 11.6 Å². The Balaban J connectivity index is 2.17. The molecule has 1 heterocycles. The minimum atomic E-state index is 0.111. The van der Waals surface area contributed by atoms with Crippen LogP contribution in [-0.2, 0) is 0 Å². The predicted molar refractivity (Wildman–Crippen MR) is 72.7 cm³/mol. The Kier molecular flexibility index (Phi) is 3.88. The van der Waals surface area contributed by atoms with E-state index in [4.69, 9.17) is 22.4 Å². The summed E-state index contributed by atoms with van der Waals surface area (Å²) in [5.41, 5.74) is 6.20. The van der Waals surface area contributed by atoms with Crippen LogP contribution in [0.2, 0.25) is 5.15 Å². The van der Waals surface area contributed by atoms with Crippen molar-refractivity contribution in [2.24, 2.45) is 5.92 Å². The van der Waals surface area contributed by atoms with Gasteiger partial charge < -0.3 is 21.5 Å². The Bertz CT molecular complexity index is 465. The number of hydrogen-bond donors (Lipinski definition) is 4. The van der Waals surface area contributed by atoms with Crippen LogP contribution in [0.1, 0.15) is 6.42 Å². The van der Waals surface area contributed by atoms with Gasteiger partial charge in [0, 0.05) is 25.6 Å². The highest BCUT2D eigenvalue weighted by atomic mass is 35.5. The van der Waals surface area contributed by atoms with E-state index in [-0.39, 0.29) is 29.7 Å². The maximum atomic E-state index is 9.08. The Hall–Kier alpha value is -1.53. The second-order valence-electron chi connectivity index (χ2n) is 4.16. The lowest BCUT2D eigenvalue weighted by Crippen LogP contribution is -2.19. The van der Waals surface area contributed by atoms with Gasteiger partial charge in [0.2, 0.25) is 5.95 Å². The van der Waals surface area contributed by atoms with E-state index in [1.807, 2.05) is 12.2 Å². The van der Waals surface area contributed by atoms with Crippen molar-refractivity contribution < 1.29 is 5.11 Å². The molecule has 0 spiro atoms. The molecule has 1 aromatic rings. The van der Waals surface area contributed by atoms with E-state index in [0.29, 0.717) is 11.5 Å². The highest BCUT2D eigenvalue weighted by molar-refractivity contribution is 6.32. The van der Waals surface area contributed by atoms with Gasteiger partial charge in [0.05, 0.1) is 0 Å². The molecule has 5 N–H and O–H groups in total. The molecule has 2 atom stereocenters. The fraction of sp³-hybridized carbons (Fsp3) is 0.455. The SMILES string of the molecule is CNc1c(Cl)nc(N)nc1NC1C=C[C@@H](CO)C1. The monoisotopic (exact) mass is 269 g/mol. The first kappa shape index (κ1) is 12.9. The normalized spacial score (nSPS) is 22.2. The first-order chi connectivity index (χ1) is 8.63. The molecular formula is C11H16ClN5O. The van der Waals surface area contributed by atoms with Gasteiger partial charge >= 0.3 is 0 Å². The van der Waals surface area contributed by atoms with Gasteiger partial charge in [0.1, 0.15) is 5.69 Å². The maximum absolute atomic E-state index is 9.08. The zero-order chi connectivity index (χ0) is 13.1. The van der Waals surface area contributed by atoms with Crippen LogP contribution in [0.15, 0.2) is 12.2 Å². The fourth-order valence-electron chi connectivity index (χ4n) is 1.97. The minimum absolute atomic E-state index is 0.111. The molecule has 0 saturated heterocycles. The molecule has 2 rings (SSSR count). The molecule has 98 valence electrons. The molecule has 1 aliphatic rings. The van der Waals surface area contributed by atoms with Gasteiger partial charge in [-0.25, -0.2) is 0 Å². The van der Waals surface area contributed by atoms with Crippen LogP contribution in [-0.4, -0.2) is 34.8 Å². The Morgan fingerprint density at radius 1 is 1.50 bits per heavy atom. The number of rotatable bonds is 4. The van der Waals surface area contributed by atoms with Gasteiger partial charge in [-0.2, -0.15) is 9.97 Å². The molecule has 1 unspecified atom stereocenters. The van der Waals surface area contributed by atoms with Crippen molar-refractivity contribution in [2.45, 2.75) is 12.5 Å². The lowest BCUT2D eigenvalue weighted by molar-refractivity contribution is 0.250. The molecule has 0 saturated carbocycles. The van der Waals surface area contributed by atoms with Crippen molar-refractivity contribution >= 4 is 29.1 Å². The third-order valence-corrected chi connectivity index (χ3v) is 3.13. The number of aromatic nitrogens is 2. The highest BCUT2D eigenvalue weighted by Gasteiger charge is 2.20. The van der Waals surface area contributed by atoms with Gasteiger partial charge in [-0.15, -0.1) is 0 Å². The van der Waals surface area contributed by atoms with Crippen LogP contribution < -0.4 is 16.4 Å². The van der Waals surface area contributed by atoms with Gasteiger partial charge in [0.15, 0.2) is 11.0 Å². The lowest BCUT2D eigenvalue weighted by atomic mass is 10.1. The largest absolute Gasteiger partial charge is 0.396 e. The van der Waals surface area contributed by atoms with Crippen molar-refractivity contribution in [3.8, 4) is 0 Å². The summed E-state index contributed by atoms with van der Waals surface area (Å²) in [5, 5.41) is 15.5. The first-order valence-electron chi connectivity index (χ1n) is 5.70. The van der Waals surface area contributed by atoms with Crippen molar-refractivity contribution in [3.05, 3.63) is 17.3 Å². The van der Waals surface area contributed by atoms with Crippen LogP contribution in [0.3, 0.4) is 0 Å². The summed E-state index contributed by atoms with van der Waals surface area (Å²) in [6.45, 7) is 0.153. The second-order valence-corrected chi connectivity index (χ2v) is 4.52. The van der Waals surface area contributed by atoms with Crippen molar-refractivity contribution in [1.29, 1.82) is 0 Å². The molecule has 6 nitrogen and oxygen atoms in total. The number of nitrogen functional groups attached to an aromatic ring is 1. The Morgan fingerprint density at radius 3 is 2.89 bits per heavy atom. The standard InChI is InChI=1S/C11H16ClN5O/c1-14-8-9(12)16-11(13)17-10(8)15-7-3-2-6(4-7)5-18/h2-3,6-7,14,18H,4-5H2,1H3,(H3,13,15,16,17)/t6-,7?/m1/s1. The van der Waals surface area contributed by atoms with E-state index in [9.17, 15) is 0 Å². The fourth-order valence-corrected chi connectivity index (χ4v) is 2.24. The number of nitrogens with one attached hydrogen (secondary N) is 2. The number of hydrogen-bond acceptors (Lipinski definition) is 6. The third-order valence-electron chi connectivity index (χ3n) is 2.86. The van der Waals surface area contributed by atoms with Gasteiger partial charge in [0.25, 0.3) is 0 Å². The average Bonchev–Trinajstić information content (AvgIpc) is 2.76. The van der Waals surface area contributed by atoms with Crippen molar-refractivity contribution in [1.82, 2.24) is 9.97 Å². The minimum Gasteiger partial charge on any atom is -0.396 e. The van der Waals surface area contributed by atoms with Crippen molar-refractivity contribution in [2.75, 3.05) is 30.0 Å². The third kappa shape index (κ3) is 2.65. The molecule has 1 aromatic heterocycles. The van der Waals surface area contributed by atoms with Crippen LogP contribution in [0.4, 0.5) is 17.5 Å². The molecule has 1 aliphatic carbocycles. The number of halogens is 1. The molecular weight excluding hydrogens is 254 g/mol. The zero-order valence-corrected chi connectivity index (χ0v) is 10.8. The van der Waals surface area contributed by atoms with Crippen LogP contribution in [0.25, 0.3) is 0 Å². The number of aliphatic hydroxyl groups excluding tert-OH is 1. The summed E-state index contributed by atoms with van der Waals surface area (Å²) in [5.74, 6) is 0.889. The van der Waals surface area contributed by atoms with E-state index in [1.54, 1.807) is 7.05 Å². The average molecular weight is 270 g/mol. The molecule has 18 heavy (non-hydrogen) atoms. The second kappa shape index (κ2) is 5.41. The van der Waals surface area contributed by atoms with E-state index in [2.05, 4.69) is 20.6 Å². The number of anilines is 3. The van der Waals surface area contributed by atoms with Crippen molar-refractivity contribution in [3.63, 3.8) is 0 Å². The highest BCUT2D eigenvalue weighted by Crippen LogP contribution is 2.30. The van der Waals surface area contributed by atoms with Gasteiger partial charge in [-0.3, -0.25) is 0 Å². The van der Waals surface area contributed by atoms with Crippen LogP contribution in [0.5, 0.6) is 0 Å². The summed E-state index contributed by atoms with van der Waals surface area (Å²) in [4.78, 5) is 8.01. The summed E-state index contributed by atoms with van der Waals surface area (Å²) in [6, 6.07) is 0.111. The maximum Gasteiger partial charge on any atom is 0.223 e.